The molecule has 1 aromatic heterocycles. The Morgan fingerprint density at radius 2 is 2.53 bits per heavy atom. The Morgan fingerprint density at radius 1 is 1.71 bits per heavy atom. The van der Waals surface area contributed by atoms with Crippen LogP contribution < -0.4 is 0 Å². The Labute approximate surface area is 103 Å². The molecule has 1 aliphatic rings. The maximum atomic E-state index is 11.9. The molecular weight excluding hydrogens is 240 g/mol. The van der Waals surface area contributed by atoms with Crippen molar-refractivity contribution in [1.82, 2.24) is 20.0 Å². The van der Waals surface area contributed by atoms with Crippen LogP contribution in [0.1, 0.15) is 5.56 Å². The first-order valence-electron chi connectivity index (χ1n) is 5.24. The monoisotopic (exact) mass is 254 g/mol. The van der Waals surface area contributed by atoms with Crippen molar-refractivity contribution in [3.05, 3.63) is 18.0 Å². The summed E-state index contributed by atoms with van der Waals surface area (Å²) in [5.74, 6) is 1.09. The van der Waals surface area contributed by atoms with E-state index < -0.39 is 0 Å². The van der Waals surface area contributed by atoms with Gasteiger partial charge in [0, 0.05) is 25.4 Å². The maximum Gasteiger partial charge on any atom is 0.242 e. The molecule has 0 aliphatic carbocycles. The number of amides is 2. The average molecular weight is 254 g/mol. The summed E-state index contributed by atoms with van der Waals surface area (Å²) in [6, 6.07) is 0. The molecule has 1 fully saturated rings. The number of likely N-dealkylation sites (N-methyl/N-ethyl adjacent to an activating group) is 1. The third-order valence-corrected chi connectivity index (χ3v) is 3.50. The second-order valence-electron chi connectivity index (χ2n) is 3.93. The molecule has 1 saturated heterocycles. The third-order valence-electron chi connectivity index (χ3n) is 2.55. The van der Waals surface area contributed by atoms with E-state index in [0.717, 1.165) is 5.56 Å². The van der Waals surface area contributed by atoms with Crippen LogP contribution in [0.2, 0.25) is 0 Å². The Morgan fingerprint density at radius 3 is 3.12 bits per heavy atom. The number of thioether (sulfide) groups is 1. The van der Waals surface area contributed by atoms with Crippen molar-refractivity contribution < 1.29 is 9.59 Å². The fraction of sp³-hybridized carbons (Fsp3) is 0.500. The van der Waals surface area contributed by atoms with Gasteiger partial charge in [0.05, 0.1) is 17.8 Å². The lowest BCUT2D eigenvalue weighted by atomic mass is 10.3. The fourth-order valence-corrected chi connectivity index (χ4v) is 2.45. The number of H-pyrrole nitrogens is 1. The SMILES string of the molecule is CN(Cc1cn[nH]c1)C(=O)CN1CSCC1=O. The summed E-state index contributed by atoms with van der Waals surface area (Å²) in [6.07, 6.45) is 3.43. The van der Waals surface area contributed by atoms with Gasteiger partial charge in [-0.25, -0.2) is 0 Å². The highest BCUT2D eigenvalue weighted by atomic mass is 32.2. The molecule has 0 spiro atoms. The van der Waals surface area contributed by atoms with Crippen molar-refractivity contribution in [1.29, 1.82) is 0 Å². The summed E-state index contributed by atoms with van der Waals surface area (Å²) >= 11 is 1.54. The normalized spacial score (nSPS) is 15.4. The van der Waals surface area contributed by atoms with Crippen LogP contribution in [0.5, 0.6) is 0 Å². The van der Waals surface area contributed by atoms with Gasteiger partial charge in [-0.2, -0.15) is 5.10 Å². The smallest absolute Gasteiger partial charge is 0.242 e. The van der Waals surface area contributed by atoms with Crippen LogP contribution in [0, 0.1) is 0 Å². The van der Waals surface area contributed by atoms with E-state index in [1.54, 1.807) is 29.2 Å². The average Bonchev–Trinajstić information content (AvgIpc) is 2.91. The van der Waals surface area contributed by atoms with Crippen molar-refractivity contribution in [3.63, 3.8) is 0 Å². The summed E-state index contributed by atoms with van der Waals surface area (Å²) in [5.41, 5.74) is 0.947. The minimum absolute atomic E-state index is 0.0417. The van der Waals surface area contributed by atoms with Crippen LogP contribution in [-0.2, 0) is 16.1 Å². The zero-order valence-corrected chi connectivity index (χ0v) is 10.4. The molecule has 2 heterocycles. The molecule has 0 bridgehead atoms. The molecule has 1 aromatic rings. The Kier molecular flexibility index (Phi) is 3.68. The number of carbonyl (C=O) groups is 2. The van der Waals surface area contributed by atoms with Gasteiger partial charge in [0.25, 0.3) is 0 Å². The van der Waals surface area contributed by atoms with Crippen molar-refractivity contribution >= 4 is 23.6 Å². The Balaban J connectivity index is 1.85. The van der Waals surface area contributed by atoms with Crippen LogP contribution in [0.4, 0.5) is 0 Å². The first kappa shape index (κ1) is 12.0. The predicted octanol–water partition coefficient (Wildman–Crippen LogP) is -0.0990. The number of aromatic nitrogens is 2. The summed E-state index contributed by atoms with van der Waals surface area (Å²) in [5, 5.41) is 6.52. The molecule has 0 atom stereocenters. The molecule has 2 rings (SSSR count). The second kappa shape index (κ2) is 5.22. The number of aromatic amines is 1. The van der Waals surface area contributed by atoms with Gasteiger partial charge < -0.3 is 9.80 Å². The zero-order valence-electron chi connectivity index (χ0n) is 9.55. The number of hydrogen-bond acceptors (Lipinski definition) is 4. The first-order valence-corrected chi connectivity index (χ1v) is 6.39. The van der Waals surface area contributed by atoms with Gasteiger partial charge in [-0.15, -0.1) is 11.8 Å². The van der Waals surface area contributed by atoms with E-state index in [0.29, 0.717) is 18.2 Å². The van der Waals surface area contributed by atoms with E-state index in [1.165, 1.54) is 11.8 Å². The van der Waals surface area contributed by atoms with Gasteiger partial charge in [-0.3, -0.25) is 14.7 Å². The van der Waals surface area contributed by atoms with Crippen LogP contribution in [0.25, 0.3) is 0 Å². The van der Waals surface area contributed by atoms with Crippen LogP contribution in [-0.4, -0.2) is 57.0 Å². The molecule has 2 amide bonds. The third kappa shape index (κ3) is 3.00. The summed E-state index contributed by atoms with van der Waals surface area (Å²) in [7, 11) is 1.73. The predicted molar refractivity (Wildman–Crippen MR) is 64.1 cm³/mol. The second-order valence-corrected chi connectivity index (χ2v) is 4.88. The van der Waals surface area contributed by atoms with Gasteiger partial charge in [0.15, 0.2) is 0 Å². The highest BCUT2D eigenvalue weighted by molar-refractivity contribution is 8.00. The van der Waals surface area contributed by atoms with Crippen molar-refractivity contribution in [2.75, 3.05) is 25.2 Å². The number of hydrogen-bond donors (Lipinski definition) is 1. The number of carbonyl (C=O) groups excluding carboxylic acids is 2. The van der Waals surface area contributed by atoms with Gasteiger partial charge in [0.2, 0.25) is 11.8 Å². The molecule has 1 N–H and O–H groups in total. The lowest BCUT2D eigenvalue weighted by molar-refractivity contribution is -0.137. The summed E-state index contributed by atoms with van der Waals surface area (Å²) in [4.78, 5) is 26.4. The quantitative estimate of drug-likeness (QED) is 0.814. The molecule has 0 saturated carbocycles. The van der Waals surface area contributed by atoms with Crippen LogP contribution >= 0.6 is 11.8 Å². The van der Waals surface area contributed by atoms with Crippen molar-refractivity contribution in [2.45, 2.75) is 6.54 Å². The topological polar surface area (TPSA) is 69.3 Å². The first-order chi connectivity index (χ1) is 8.16. The Hall–Kier alpha value is -1.50. The van der Waals surface area contributed by atoms with Gasteiger partial charge in [0.1, 0.15) is 6.54 Å². The minimum atomic E-state index is -0.0537. The van der Waals surface area contributed by atoms with Gasteiger partial charge in [-0.05, 0) is 0 Å². The van der Waals surface area contributed by atoms with Crippen molar-refractivity contribution in [3.8, 4) is 0 Å². The molecule has 6 nitrogen and oxygen atoms in total. The fourth-order valence-electron chi connectivity index (χ4n) is 1.55. The highest BCUT2D eigenvalue weighted by Gasteiger charge is 2.24. The van der Waals surface area contributed by atoms with E-state index in [9.17, 15) is 9.59 Å². The standard InChI is InChI=1S/C10H14N4O2S/c1-13(4-8-2-11-12-3-8)9(15)5-14-7-17-6-10(14)16/h2-3H,4-7H2,1H3,(H,11,12). The Bertz CT molecular complexity index is 406. The number of rotatable bonds is 4. The van der Waals surface area contributed by atoms with Gasteiger partial charge in [-0.1, -0.05) is 0 Å². The van der Waals surface area contributed by atoms with Crippen LogP contribution in [0.3, 0.4) is 0 Å². The molecule has 1 aliphatic heterocycles. The highest BCUT2D eigenvalue weighted by Crippen LogP contribution is 2.14. The molecular formula is C10H14N4O2S. The molecule has 17 heavy (non-hydrogen) atoms. The molecule has 7 heteroatoms. The molecule has 0 radical (unpaired) electrons. The van der Waals surface area contributed by atoms with E-state index >= 15 is 0 Å². The lowest BCUT2D eigenvalue weighted by Crippen LogP contribution is -2.38. The molecule has 92 valence electrons. The van der Waals surface area contributed by atoms with E-state index in [4.69, 9.17) is 0 Å². The van der Waals surface area contributed by atoms with E-state index in [-0.39, 0.29) is 18.4 Å². The van der Waals surface area contributed by atoms with Crippen molar-refractivity contribution in [2.24, 2.45) is 0 Å². The number of nitrogens with one attached hydrogen (secondary N) is 1. The minimum Gasteiger partial charge on any atom is -0.340 e. The lowest BCUT2D eigenvalue weighted by Gasteiger charge is -2.20. The summed E-state index contributed by atoms with van der Waals surface area (Å²) < 4.78 is 0. The van der Waals surface area contributed by atoms with E-state index in [2.05, 4.69) is 10.2 Å². The van der Waals surface area contributed by atoms with Gasteiger partial charge >= 0.3 is 0 Å². The largest absolute Gasteiger partial charge is 0.340 e. The zero-order chi connectivity index (χ0) is 12.3. The van der Waals surface area contributed by atoms with E-state index in [1.807, 2.05) is 0 Å². The number of nitrogens with zero attached hydrogens (tertiary/aromatic N) is 3. The molecule has 0 aromatic carbocycles. The van der Waals surface area contributed by atoms with Crippen LogP contribution in [0.15, 0.2) is 12.4 Å². The molecule has 0 unspecified atom stereocenters. The summed E-state index contributed by atoms with van der Waals surface area (Å²) in [6.45, 7) is 0.671. The maximum absolute atomic E-state index is 11.9.